The zero-order chi connectivity index (χ0) is 21.0. The molecule has 1 aromatic heterocycles. The van der Waals surface area contributed by atoms with Gasteiger partial charge in [0.25, 0.3) is 5.91 Å². The fourth-order valence-electron chi connectivity index (χ4n) is 2.90. The third-order valence-corrected chi connectivity index (χ3v) is 4.38. The molecule has 29 heavy (non-hydrogen) atoms. The van der Waals surface area contributed by atoms with Gasteiger partial charge in [-0.05, 0) is 36.4 Å². The first-order valence-electron chi connectivity index (χ1n) is 8.72. The van der Waals surface area contributed by atoms with Gasteiger partial charge in [0.2, 0.25) is 11.5 Å². The van der Waals surface area contributed by atoms with E-state index in [2.05, 4.69) is 10.3 Å². The van der Waals surface area contributed by atoms with Crippen molar-refractivity contribution in [2.45, 2.75) is 0 Å². The maximum absolute atomic E-state index is 12.7. The topological polar surface area (TPSA) is 91.7 Å². The fourth-order valence-corrected chi connectivity index (χ4v) is 2.90. The Hall–Kier alpha value is -3.81. The maximum atomic E-state index is 12.7. The number of hydrogen-bond acceptors (Lipinski definition) is 6. The van der Waals surface area contributed by atoms with E-state index in [9.17, 15) is 9.59 Å². The molecular formula is C21H21N3O5. The highest BCUT2D eigenvalue weighted by Gasteiger charge is 2.21. The Labute approximate surface area is 168 Å². The molecule has 0 aliphatic carbocycles. The molecule has 0 spiro atoms. The van der Waals surface area contributed by atoms with Gasteiger partial charge >= 0.3 is 0 Å². The van der Waals surface area contributed by atoms with Crippen LogP contribution in [0.25, 0.3) is 0 Å². The van der Waals surface area contributed by atoms with Gasteiger partial charge in [-0.25, -0.2) is 4.98 Å². The number of nitrogens with zero attached hydrogens (tertiary/aromatic N) is 2. The van der Waals surface area contributed by atoms with Crippen LogP contribution in [0.15, 0.2) is 48.8 Å². The van der Waals surface area contributed by atoms with Crippen LogP contribution in [0.4, 0.5) is 5.69 Å². The standard InChI is InChI=1S/C21H21N3O5/c1-24-12-11-22-20(24)17(25)13-5-7-14(8-6-13)23-21(26)15-9-10-16(27-2)19(29-4)18(15)28-3/h5-12H,1-4H3,(H,23,26). The molecule has 2 aromatic carbocycles. The van der Waals surface area contributed by atoms with Gasteiger partial charge < -0.3 is 24.1 Å². The molecule has 0 atom stereocenters. The molecule has 0 unspecified atom stereocenters. The zero-order valence-corrected chi connectivity index (χ0v) is 16.6. The summed E-state index contributed by atoms with van der Waals surface area (Å²) in [5.74, 6) is 0.822. The highest BCUT2D eigenvalue weighted by atomic mass is 16.5. The van der Waals surface area contributed by atoms with Crippen LogP contribution < -0.4 is 19.5 Å². The number of aryl methyl sites for hydroxylation is 1. The smallest absolute Gasteiger partial charge is 0.259 e. The summed E-state index contributed by atoms with van der Waals surface area (Å²) >= 11 is 0. The Morgan fingerprint density at radius 1 is 0.931 bits per heavy atom. The number of nitrogens with one attached hydrogen (secondary N) is 1. The van der Waals surface area contributed by atoms with Gasteiger partial charge in [0.1, 0.15) is 0 Å². The fraction of sp³-hybridized carbons (Fsp3) is 0.190. The third-order valence-electron chi connectivity index (χ3n) is 4.38. The molecular weight excluding hydrogens is 374 g/mol. The number of carbonyl (C=O) groups is 2. The molecule has 1 heterocycles. The summed E-state index contributed by atoms with van der Waals surface area (Å²) < 4.78 is 17.5. The third kappa shape index (κ3) is 3.91. The molecule has 150 valence electrons. The van der Waals surface area contributed by atoms with Crippen LogP contribution in [0.5, 0.6) is 17.2 Å². The lowest BCUT2D eigenvalue weighted by Crippen LogP contribution is -2.14. The lowest BCUT2D eigenvalue weighted by atomic mass is 10.1. The van der Waals surface area contributed by atoms with Gasteiger partial charge in [-0.15, -0.1) is 0 Å². The van der Waals surface area contributed by atoms with Crippen LogP contribution in [-0.2, 0) is 7.05 Å². The van der Waals surface area contributed by atoms with Crippen LogP contribution in [-0.4, -0.2) is 42.6 Å². The second-order valence-corrected chi connectivity index (χ2v) is 6.10. The Bertz CT molecular complexity index is 1040. The molecule has 0 bridgehead atoms. The van der Waals surface area contributed by atoms with E-state index in [0.29, 0.717) is 34.1 Å². The lowest BCUT2D eigenvalue weighted by molar-refractivity contribution is 0.101. The minimum Gasteiger partial charge on any atom is -0.493 e. The molecule has 3 aromatic rings. The number of hydrogen-bond donors (Lipinski definition) is 1. The second kappa shape index (κ2) is 8.47. The second-order valence-electron chi connectivity index (χ2n) is 6.10. The Balaban J connectivity index is 1.81. The number of rotatable bonds is 7. The quantitative estimate of drug-likeness (QED) is 0.619. The Morgan fingerprint density at radius 2 is 1.62 bits per heavy atom. The summed E-state index contributed by atoms with van der Waals surface area (Å²) in [6.07, 6.45) is 3.27. The van der Waals surface area contributed by atoms with Crippen molar-refractivity contribution in [2.75, 3.05) is 26.6 Å². The summed E-state index contributed by atoms with van der Waals surface area (Å²) in [6, 6.07) is 9.80. The molecule has 8 heteroatoms. The number of benzene rings is 2. The molecule has 3 rings (SSSR count). The summed E-state index contributed by atoms with van der Waals surface area (Å²) in [5.41, 5.74) is 1.29. The average Bonchev–Trinajstić information content (AvgIpc) is 3.18. The number of carbonyl (C=O) groups excluding carboxylic acids is 2. The molecule has 0 fully saturated rings. The zero-order valence-electron chi connectivity index (χ0n) is 16.6. The maximum Gasteiger partial charge on any atom is 0.259 e. The van der Waals surface area contributed by atoms with E-state index in [0.717, 1.165) is 0 Å². The molecule has 0 aliphatic rings. The molecule has 8 nitrogen and oxygen atoms in total. The number of anilines is 1. The first-order valence-corrected chi connectivity index (χ1v) is 8.72. The number of methoxy groups -OCH3 is 3. The normalized spacial score (nSPS) is 10.3. The molecule has 0 radical (unpaired) electrons. The van der Waals surface area contributed by atoms with Crippen LogP contribution in [0, 0.1) is 0 Å². The highest BCUT2D eigenvalue weighted by molar-refractivity contribution is 6.08. The number of ether oxygens (including phenoxy) is 3. The van der Waals surface area contributed by atoms with E-state index in [4.69, 9.17) is 14.2 Å². The Kier molecular flexibility index (Phi) is 5.82. The number of imidazole rings is 1. The first kappa shape index (κ1) is 19.9. The molecule has 0 saturated heterocycles. The first-order chi connectivity index (χ1) is 14.0. The van der Waals surface area contributed by atoms with Crippen LogP contribution >= 0.6 is 0 Å². The van der Waals surface area contributed by atoms with Gasteiger partial charge in [-0.1, -0.05) is 0 Å². The molecule has 0 saturated carbocycles. The van der Waals surface area contributed by atoms with E-state index in [1.807, 2.05) is 0 Å². The number of aromatic nitrogens is 2. The minimum absolute atomic E-state index is 0.197. The summed E-state index contributed by atoms with van der Waals surface area (Å²) in [4.78, 5) is 29.3. The van der Waals surface area contributed by atoms with Gasteiger partial charge in [0.15, 0.2) is 17.3 Å². The highest BCUT2D eigenvalue weighted by Crippen LogP contribution is 2.39. The minimum atomic E-state index is -0.383. The van der Waals surface area contributed by atoms with Crippen LogP contribution in [0.1, 0.15) is 26.5 Å². The Morgan fingerprint density at radius 3 is 2.17 bits per heavy atom. The van der Waals surface area contributed by atoms with E-state index < -0.39 is 0 Å². The summed E-state index contributed by atoms with van der Waals surface area (Å²) in [7, 11) is 6.18. The van der Waals surface area contributed by atoms with Crippen molar-refractivity contribution in [2.24, 2.45) is 7.05 Å². The van der Waals surface area contributed by atoms with Crippen molar-refractivity contribution in [3.8, 4) is 17.2 Å². The predicted molar refractivity (Wildman–Crippen MR) is 107 cm³/mol. The molecule has 1 N–H and O–H groups in total. The predicted octanol–water partition coefficient (Wildman–Crippen LogP) is 2.93. The summed E-state index contributed by atoms with van der Waals surface area (Å²) in [5, 5.41) is 2.79. The SMILES string of the molecule is COc1ccc(C(=O)Nc2ccc(C(=O)c3nccn3C)cc2)c(OC)c1OC. The van der Waals surface area contributed by atoms with E-state index in [-0.39, 0.29) is 17.4 Å². The number of ketones is 1. The van der Waals surface area contributed by atoms with Gasteiger partial charge in [-0.3, -0.25) is 9.59 Å². The van der Waals surface area contributed by atoms with Crippen molar-refractivity contribution >= 4 is 17.4 Å². The molecule has 1 amide bonds. The molecule has 0 aliphatic heterocycles. The average molecular weight is 395 g/mol. The van der Waals surface area contributed by atoms with Crippen LogP contribution in [0.2, 0.25) is 0 Å². The van der Waals surface area contributed by atoms with Crippen molar-refractivity contribution in [3.05, 3.63) is 65.7 Å². The van der Waals surface area contributed by atoms with Crippen molar-refractivity contribution in [1.29, 1.82) is 0 Å². The van der Waals surface area contributed by atoms with E-state index >= 15 is 0 Å². The van der Waals surface area contributed by atoms with Gasteiger partial charge in [0, 0.05) is 30.7 Å². The number of amides is 1. The van der Waals surface area contributed by atoms with Gasteiger partial charge in [-0.2, -0.15) is 0 Å². The van der Waals surface area contributed by atoms with Crippen LogP contribution in [0.3, 0.4) is 0 Å². The van der Waals surface area contributed by atoms with Crippen molar-refractivity contribution < 1.29 is 23.8 Å². The summed E-state index contributed by atoms with van der Waals surface area (Å²) in [6.45, 7) is 0. The van der Waals surface area contributed by atoms with E-state index in [1.54, 1.807) is 60.4 Å². The van der Waals surface area contributed by atoms with Crippen molar-refractivity contribution in [3.63, 3.8) is 0 Å². The van der Waals surface area contributed by atoms with E-state index in [1.165, 1.54) is 21.3 Å². The largest absolute Gasteiger partial charge is 0.493 e. The lowest BCUT2D eigenvalue weighted by Gasteiger charge is -2.15. The van der Waals surface area contributed by atoms with Gasteiger partial charge in [0.05, 0.1) is 26.9 Å². The monoisotopic (exact) mass is 395 g/mol. The van der Waals surface area contributed by atoms with Crippen molar-refractivity contribution in [1.82, 2.24) is 9.55 Å².